The number of ketones is 1. The molecule has 0 saturated carbocycles. The molecule has 0 unspecified atom stereocenters. The molecule has 0 amide bonds. The molecule has 1 nitrogen and oxygen atoms in total. The van der Waals surface area contributed by atoms with Crippen LogP contribution in [0.25, 0.3) is 6.08 Å². The van der Waals surface area contributed by atoms with E-state index in [1.54, 1.807) is 6.08 Å². The van der Waals surface area contributed by atoms with Crippen LogP contribution in [0.5, 0.6) is 0 Å². The van der Waals surface area contributed by atoms with Crippen molar-refractivity contribution in [2.45, 2.75) is 0 Å². The molecule has 0 N–H and O–H groups in total. The van der Waals surface area contributed by atoms with Crippen molar-refractivity contribution in [2.24, 2.45) is 0 Å². The maximum absolute atomic E-state index is 12.0. The number of carbonyl (C=O) groups is 1. The number of rotatable bonds is 3. The Morgan fingerprint density at radius 1 is 1.06 bits per heavy atom. The number of carbonyl (C=O) groups excluding carboxylic acids is 1. The van der Waals surface area contributed by atoms with Gasteiger partial charge in [0.2, 0.25) is 0 Å². The van der Waals surface area contributed by atoms with Gasteiger partial charge in [-0.25, -0.2) is 0 Å². The van der Waals surface area contributed by atoms with Crippen LogP contribution in [0.2, 0.25) is 0 Å². The molecule has 0 bridgehead atoms. The van der Waals surface area contributed by atoms with Crippen LogP contribution in [-0.2, 0) is 0 Å². The Balaban J connectivity index is 2.23. The molecule has 0 aliphatic carbocycles. The molecular formula is C15H10BrIO. The molecule has 0 aliphatic heterocycles. The van der Waals surface area contributed by atoms with Crippen LogP contribution in [0.4, 0.5) is 0 Å². The van der Waals surface area contributed by atoms with Gasteiger partial charge in [0, 0.05) is 13.6 Å². The van der Waals surface area contributed by atoms with E-state index in [0.29, 0.717) is 5.56 Å². The van der Waals surface area contributed by atoms with Crippen molar-refractivity contribution in [1.29, 1.82) is 0 Å². The van der Waals surface area contributed by atoms with Gasteiger partial charge in [-0.3, -0.25) is 4.79 Å². The highest BCUT2D eigenvalue weighted by molar-refractivity contribution is 14.1. The van der Waals surface area contributed by atoms with Gasteiger partial charge in [0.25, 0.3) is 0 Å². The third kappa shape index (κ3) is 3.29. The Morgan fingerprint density at radius 2 is 1.72 bits per heavy atom. The van der Waals surface area contributed by atoms with E-state index in [4.69, 9.17) is 0 Å². The highest BCUT2D eigenvalue weighted by Crippen LogP contribution is 2.18. The van der Waals surface area contributed by atoms with E-state index in [0.717, 1.165) is 13.6 Å². The Bertz CT molecular complexity index is 605. The minimum Gasteiger partial charge on any atom is -0.289 e. The molecule has 0 atom stereocenters. The summed E-state index contributed by atoms with van der Waals surface area (Å²) in [5.41, 5.74) is 1.73. The van der Waals surface area contributed by atoms with Gasteiger partial charge in [-0.1, -0.05) is 52.3 Å². The summed E-state index contributed by atoms with van der Waals surface area (Å²) in [5, 5.41) is 0. The molecule has 0 aromatic heterocycles. The minimum absolute atomic E-state index is 0.00197. The summed E-state index contributed by atoms with van der Waals surface area (Å²) in [6, 6.07) is 15.4. The molecule has 3 heteroatoms. The molecule has 90 valence electrons. The fourth-order valence-corrected chi connectivity index (χ4v) is 2.57. The fourth-order valence-electron chi connectivity index (χ4n) is 1.53. The minimum atomic E-state index is 0.00197. The molecule has 2 aromatic carbocycles. The second-order valence-corrected chi connectivity index (χ2v) is 5.72. The van der Waals surface area contributed by atoms with E-state index in [1.807, 2.05) is 54.6 Å². The molecule has 18 heavy (non-hydrogen) atoms. The summed E-state index contributed by atoms with van der Waals surface area (Å²) in [4.78, 5) is 12.0. The van der Waals surface area contributed by atoms with E-state index in [2.05, 4.69) is 38.5 Å². The molecule has 0 radical (unpaired) electrons. The maximum Gasteiger partial charge on any atom is 0.186 e. The van der Waals surface area contributed by atoms with Gasteiger partial charge in [0.05, 0.1) is 0 Å². The second-order valence-electron chi connectivity index (χ2n) is 3.70. The van der Waals surface area contributed by atoms with Gasteiger partial charge in [0.1, 0.15) is 0 Å². The summed E-state index contributed by atoms with van der Waals surface area (Å²) in [6.07, 6.45) is 3.46. The van der Waals surface area contributed by atoms with Crippen molar-refractivity contribution in [3.8, 4) is 0 Å². The van der Waals surface area contributed by atoms with Crippen molar-refractivity contribution in [2.75, 3.05) is 0 Å². The van der Waals surface area contributed by atoms with Crippen molar-refractivity contribution < 1.29 is 4.79 Å². The average Bonchev–Trinajstić information content (AvgIpc) is 2.38. The zero-order valence-corrected chi connectivity index (χ0v) is 13.2. The van der Waals surface area contributed by atoms with E-state index in [9.17, 15) is 4.79 Å². The maximum atomic E-state index is 12.0. The average molecular weight is 413 g/mol. The lowest BCUT2D eigenvalue weighted by Crippen LogP contribution is -1.95. The van der Waals surface area contributed by atoms with Crippen LogP contribution in [0.15, 0.2) is 59.1 Å². The van der Waals surface area contributed by atoms with Gasteiger partial charge >= 0.3 is 0 Å². The van der Waals surface area contributed by atoms with Gasteiger partial charge in [0.15, 0.2) is 5.78 Å². The summed E-state index contributed by atoms with van der Waals surface area (Å²) in [5.74, 6) is 0.00197. The molecule has 0 spiro atoms. The van der Waals surface area contributed by atoms with E-state index >= 15 is 0 Å². The monoisotopic (exact) mass is 412 g/mol. The molecule has 0 aliphatic rings. The number of hydrogen-bond donors (Lipinski definition) is 0. The quantitative estimate of drug-likeness (QED) is 0.396. The molecule has 2 rings (SSSR count). The lowest BCUT2D eigenvalue weighted by atomic mass is 10.1. The van der Waals surface area contributed by atoms with Crippen molar-refractivity contribution in [3.05, 3.63) is 73.8 Å². The standard InChI is InChI=1S/C15H10BrIO/c16-13-7-3-2-6-12(13)15(18)10-9-11-5-1-4-8-14(11)17/h1-10H/b10-9+. The number of hydrogen-bond acceptors (Lipinski definition) is 1. The van der Waals surface area contributed by atoms with Gasteiger partial charge in [-0.05, 0) is 52.4 Å². The molecule has 0 fully saturated rings. The number of benzene rings is 2. The predicted molar refractivity (Wildman–Crippen MR) is 86.7 cm³/mol. The Kier molecular flexibility index (Phi) is 4.72. The molecular weight excluding hydrogens is 403 g/mol. The van der Waals surface area contributed by atoms with Gasteiger partial charge < -0.3 is 0 Å². The van der Waals surface area contributed by atoms with Crippen LogP contribution in [0.3, 0.4) is 0 Å². The van der Waals surface area contributed by atoms with E-state index in [-0.39, 0.29) is 5.78 Å². The molecule has 2 aromatic rings. The first kappa shape index (κ1) is 13.5. The van der Waals surface area contributed by atoms with Crippen LogP contribution >= 0.6 is 38.5 Å². The first-order chi connectivity index (χ1) is 8.68. The van der Waals surface area contributed by atoms with Crippen LogP contribution in [0.1, 0.15) is 15.9 Å². The lowest BCUT2D eigenvalue weighted by Gasteiger charge is -2.00. The SMILES string of the molecule is O=C(/C=C/c1ccccc1I)c1ccccc1Br. The van der Waals surface area contributed by atoms with Crippen LogP contribution < -0.4 is 0 Å². The Morgan fingerprint density at radius 3 is 2.44 bits per heavy atom. The first-order valence-electron chi connectivity index (χ1n) is 5.40. The van der Waals surface area contributed by atoms with Crippen molar-refractivity contribution in [1.82, 2.24) is 0 Å². The zero-order chi connectivity index (χ0) is 13.0. The predicted octanol–water partition coefficient (Wildman–Crippen LogP) is 4.95. The summed E-state index contributed by atoms with van der Waals surface area (Å²) >= 11 is 5.64. The Hall–Kier alpha value is -0.940. The number of allylic oxidation sites excluding steroid dienone is 1. The number of halogens is 2. The zero-order valence-electron chi connectivity index (χ0n) is 9.44. The van der Waals surface area contributed by atoms with Crippen LogP contribution in [0, 0.1) is 3.57 Å². The van der Waals surface area contributed by atoms with E-state index < -0.39 is 0 Å². The largest absolute Gasteiger partial charge is 0.289 e. The van der Waals surface area contributed by atoms with Gasteiger partial charge in [-0.15, -0.1) is 0 Å². The second kappa shape index (κ2) is 6.29. The summed E-state index contributed by atoms with van der Waals surface area (Å²) in [7, 11) is 0. The fraction of sp³-hybridized carbons (Fsp3) is 0. The van der Waals surface area contributed by atoms with Crippen molar-refractivity contribution >= 4 is 50.4 Å². The Labute approximate surface area is 128 Å². The summed E-state index contributed by atoms with van der Waals surface area (Å²) in [6.45, 7) is 0. The van der Waals surface area contributed by atoms with Crippen LogP contribution in [-0.4, -0.2) is 5.78 Å². The highest BCUT2D eigenvalue weighted by atomic mass is 127. The molecule has 0 heterocycles. The van der Waals surface area contributed by atoms with E-state index in [1.165, 1.54) is 0 Å². The topological polar surface area (TPSA) is 17.1 Å². The van der Waals surface area contributed by atoms with Crippen molar-refractivity contribution in [3.63, 3.8) is 0 Å². The third-order valence-corrected chi connectivity index (χ3v) is 4.13. The smallest absolute Gasteiger partial charge is 0.186 e. The lowest BCUT2D eigenvalue weighted by molar-refractivity contribution is 0.104. The van der Waals surface area contributed by atoms with Gasteiger partial charge in [-0.2, -0.15) is 0 Å². The molecule has 0 saturated heterocycles. The highest BCUT2D eigenvalue weighted by Gasteiger charge is 2.05. The summed E-state index contributed by atoms with van der Waals surface area (Å²) < 4.78 is 1.95. The first-order valence-corrected chi connectivity index (χ1v) is 7.27. The normalized spacial score (nSPS) is 10.8. The third-order valence-electron chi connectivity index (χ3n) is 2.46.